The summed E-state index contributed by atoms with van der Waals surface area (Å²) in [7, 11) is 0. The number of aryl methyl sites for hydroxylation is 1. The highest BCUT2D eigenvalue weighted by Gasteiger charge is 2.28. The van der Waals surface area contributed by atoms with Gasteiger partial charge < -0.3 is 5.32 Å². The van der Waals surface area contributed by atoms with Crippen molar-refractivity contribution in [3.05, 3.63) is 11.3 Å². The number of hydrogen-bond donors (Lipinski definition) is 1. The van der Waals surface area contributed by atoms with E-state index in [1.165, 1.54) is 0 Å². The number of amides is 1. The molecule has 0 aliphatic carbocycles. The molecule has 8 heteroatoms. The standard InChI is InChI=1S/C9H8F3N3OS/c1-5-6(4-13)8(17-15-5)14-7(16)2-3-9(10,11)12/h2-3H2,1H3,(H,14,16). The number of carbonyl (C=O) groups excluding carboxylic acids is 1. The third-order valence-electron chi connectivity index (χ3n) is 1.86. The Hall–Kier alpha value is -1.62. The fourth-order valence-corrected chi connectivity index (χ4v) is 1.79. The Morgan fingerprint density at radius 2 is 2.24 bits per heavy atom. The molecule has 0 fully saturated rings. The van der Waals surface area contributed by atoms with Crippen LogP contribution in [0.3, 0.4) is 0 Å². The fraction of sp³-hybridized carbons (Fsp3) is 0.444. The van der Waals surface area contributed by atoms with Crippen LogP contribution >= 0.6 is 11.5 Å². The molecule has 0 spiro atoms. The van der Waals surface area contributed by atoms with E-state index in [2.05, 4.69) is 9.69 Å². The zero-order chi connectivity index (χ0) is 13.1. The molecule has 0 atom stereocenters. The van der Waals surface area contributed by atoms with Gasteiger partial charge in [0.1, 0.15) is 16.6 Å². The van der Waals surface area contributed by atoms with Gasteiger partial charge in [-0.15, -0.1) is 0 Å². The highest BCUT2D eigenvalue weighted by Crippen LogP contribution is 2.25. The summed E-state index contributed by atoms with van der Waals surface area (Å²) in [5.74, 6) is -0.775. The predicted octanol–water partition coefficient (Wildman–Crippen LogP) is 2.60. The molecule has 4 nitrogen and oxygen atoms in total. The van der Waals surface area contributed by atoms with Gasteiger partial charge >= 0.3 is 6.18 Å². The summed E-state index contributed by atoms with van der Waals surface area (Å²) in [6, 6.07) is 1.83. The van der Waals surface area contributed by atoms with Crippen LogP contribution in [0.4, 0.5) is 18.2 Å². The monoisotopic (exact) mass is 263 g/mol. The summed E-state index contributed by atoms with van der Waals surface area (Å²) >= 11 is 0.877. The van der Waals surface area contributed by atoms with E-state index >= 15 is 0 Å². The highest BCUT2D eigenvalue weighted by molar-refractivity contribution is 7.10. The number of alkyl halides is 3. The van der Waals surface area contributed by atoms with Gasteiger partial charge in [0.15, 0.2) is 0 Å². The number of hydrogen-bond acceptors (Lipinski definition) is 4. The average molecular weight is 263 g/mol. The van der Waals surface area contributed by atoms with Gasteiger partial charge in [0, 0.05) is 6.42 Å². The van der Waals surface area contributed by atoms with Crippen molar-refractivity contribution in [3.8, 4) is 6.07 Å². The predicted molar refractivity (Wildman–Crippen MR) is 55.5 cm³/mol. The SMILES string of the molecule is Cc1nsc(NC(=O)CCC(F)(F)F)c1C#N. The molecule has 1 amide bonds. The van der Waals surface area contributed by atoms with Crippen LogP contribution in [-0.2, 0) is 4.79 Å². The molecule has 0 saturated heterocycles. The lowest BCUT2D eigenvalue weighted by Crippen LogP contribution is -2.16. The van der Waals surface area contributed by atoms with E-state index in [4.69, 9.17) is 5.26 Å². The van der Waals surface area contributed by atoms with Gasteiger partial charge in [-0.1, -0.05) is 0 Å². The lowest BCUT2D eigenvalue weighted by Gasteiger charge is -2.05. The van der Waals surface area contributed by atoms with Crippen molar-refractivity contribution in [1.29, 1.82) is 5.26 Å². The molecule has 0 aliphatic heterocycles. The van der Waals surface area contributed by atoms with Gasteiger partial charge in [0.25, 0.3) is 0 Å². The van der Waals surface area contributed by atoms with Crippen molar-refractivity contribution in [2.75, 3.05) is 5.32 Å². The normalized spacial score (nSPS) is 11.0. The van der Waals surface area contributed by atoms with Crippen molar-refractivity contribution in [3.63, 3.8) is 0 Å². The Labute approximate surface area is 99.2 Å². The van der Waals surface area contributed by atoms with Crippen LogP contribution in [0.25, 0.3) is 0 Å². The Balaban J connectivity index is 2.60. The third kappa shape index (κ3) is 4.03. The minimum Gasteiger partial charge on any atom is -0.315 e. The van der Waals surface area contributed by atoms with Crippen LogP contribution in [0.5, 0.6) is 0 Å². The van der Waals surface area contributed by atoms with E-state index in [0.717, 1.165) is 11.5 Å². The summed E-state index contributed by atoms with van der Waals surface area (Å²) in [6.07, 6.45) is -6.21. The van der Waals surface area contributed by atoms with Gasteiger partial charge in [-0.2, -0.15) is 22.8 Å². The Bertz CT molecular complexity index is 461. The molecule has 0 saturated carbocycles. The van der Waals surface area contributed by atoms with Crippen LogP contribution in [0.1, 0.15) is 24.1 Å². The zero-order valence-electron chi connectivity index (χ0n) is 8.76. The molecule has 1 N–H and O–H groups in total. The van der Waals surface area contributed by atoms with E-state index in [0.29, 0.717) is 5.69 Å². The Morgan fingerprint density at radius 1 is 1.59 bits per heavy atom. The first-order chi connectivity index (χ1) is 7.83. The van der Waals surface area contributed by atoms with E-state index < -0.39 is 24.9 Å². The van der Waals surface area contributed by atoms with Crippen LogP contribution in [0.15, 0.2) is 0 Å². The second kappa shape index (κ2) is 5.14. The minimum absolute atomic E-state index is 0.190. The van der Waals surface area contributed by atoms with E-state index in [9.17, 15) is 18.0 Å². The van der Waals surface area contributed by atoms with Crippen molar-refractivity contribution in [1.82, 2.24) is 4.37 Å². The summed E-state index contributed by atoms with van der Waals surface area (Å²) < 4.78 is 39.4. The molecule has 1 heterocycles. The molecule has 1 rings (SSSR count). The molecular formula is C9H8F3N3OS. The van der Waals surface area contributed by atoms with Gasteiger partial charge in [0.05, 0.1) is 12.1 Å². The quantitative estimate of drug-likeness (QED) is 0.911. The van der Waals surface area contributed by atoms with Crippen LogP contribution in [-0.4, -0.2) is 16.5 Å². The third-order valence-corrected chi connectivity index (χ3v) is 2.72. The number of nitriles is 1. The molecule has 92 valence electrons. The summed E-state index contributed by atoms with van der Waals surface area (Å²) in [4.78, 5) is 11.2. The lowest BCUT2D eigenvalue weighted by molar-refractivity contribution is -0.142. The van der Waals surface area contributed by atoms with Crippen molar-refractivity contribution in [2.45, 2.75) is 25.9 Å². The van der Waals surface area contributed by atoms with Gasteiger partial charge in [-0.25, -0.2) is 0 Å². The molecule has 1 aromatic heterocycles. The first-order valence-electron chi connectivity index (χ1n) is 4.56. The summed E-state index contributed by atoms with van der Waals surface area (Å²) in [6.45, 7) is 1.58. The van der Waals surface area contributed by atoms with Gasteiger partial charge in [0.2, 0.25) is 5.91 Å². The molecule has 0 radical (unpaired) electrons. The van der Waals surface area contributed by atoms with E-state index in [1.54, 1.807) is 6.92 Å². The van der Waals surface area contributed by atoms with Crippen molar-refractivity contribution in [2.24, 2.45) is 0 Å². The number of halogens is 3. The molecule has 0 aromatic carbocycles. The van der Waals surface area contributed by atoms with Crippen molar-refractivity contribution < 1.29 is 18.0 Å². The topological polar surface area (TPSA) is 65.8 Å². The molecule has 0 unspecified atom stereocenters. The van der Waals surface area contributed by atoms with Gasteiger partial charge in [-0.05, 0) is 18.5 Å². The second-order valence-electron chi connectivity index (χ2n) is 3.25. The fourth-order valence-electron chi connectivity index (χ4n) is 1.03. The Kier molecular flexibility index (Phi) is 4.07. The first kappa shape index (κ1) is 13.4. The number of nitrogens with one attached hydrogen (secondary N) is 1. The summed E-state index contributed by atoms with van der Waals surface area (Å²) in [5, 5.41) is 11.2. The number of carbonyl (C=O) groups is 1. The van der Waals surface area contributed by atoms with Gasteiger partial charge in [-0.3, -0.25) is 4.79 Å². The number of nitrogens with zero attached hydrogens (tertiary/aromatic N) is 2. The maximum Gasteiger partial charge on any atom is 0.389 e. The largest absolute Gasteiger partial charge is 0.389 e. The van der Waals surface area contributed by atoms with Crippen molar-refractivity contribution >= 4 is 22.4 Å². The molecule has 1 aromatic rings. The number of anilines is 1. The smallest absolute Gasteiger partial charge is 0.315 e. The molecule has 17 heavy (non-hydrogen) atoms. The second-order valence-corrected chi connectivity index (χ2v) is 4.02. The summed E-state index contributed by atoms with van der Waals surface area (Å²) in [5.41, 5.74) is 0.638. The van der Waals surface area contributed by atoms with E-state index in [-0.39, 0.29) is 10.6 Å². The van der Waals surface area contributed by atoms with E-state index in [1.807, 2.05) is 6.07 Å². The molecule has 0 aliphatic rings. The molecular weight excluding hydrogens is 255 g/mol. The lowest BCUT2D eigenvalue weighted by atomic mass is 10.2. The van der Waals surface area contributed by atoms with Crippen LogP contribution < -0.4 is 5.32 Å². The van der Waals surface area contributed by atoms with Crippen LogP contribution in [0.2, 0.25) is 0 Å². The average Bonchev–Trinajstić information content (AvgIpc) is 2.55. The molecule has 0 bridgehead atoms. The first-order valence-corrected chi connectivity index (χ1v) is 5.34. The van der Waals surface area contributed by atoms with Crippen LogP contribution in [0, 0.1) is 18.3 Å². The maximum absolute atomic E-state index is 11.9. The maximum atomic E-state index is 11.9. The number of rotatable bonds is 3. The number of aromatic nitrogens is 1. The Morgan fingerprint density at radius 3 is 2.76 bits per heavy atom. The highest BCUT2D eigenvalue weighted by atomic mass is 32.1. The minimum atomic E-state index is -4.36. The zero-order valence-corrected chi connectivity index (χ0v) is 9.58.